The van der Waals surface area contributed by atoms with E-state index in [1.807, 2.05) is 0 Å². The Labute approximate surface area is 228 Å². The van der Waals surface area contributed by atoms with Crippen molar-refractivity contribution in [3.63, 3.8) is 0 Å². The summed E-state index contributed by atoms with van der Waals surface area (Å²) in [4.78, 5) is 43.6. The van der Waals surface area contributed by atoms with E-state index in [1.165, 1.54) is 22.3 Å². The lowest BCUT2D eigenvalue weighted by atomic mass is 10.1. The van der Waals surface area contributed by atoms with E-state index >= 15 is 4.39 Å². The summed E-state index contributed by atoms with van der Waals surface area (Å²) in [7, 11) is 0. The number of alkyl halides is 1. The number of carbonyl (C=O) groups is 1. The highest BCUT2D eigenvalue weighted by atomic mass is 35.5. The Balaban J connectivity index is 0.00000160. The Bertz CT molecular complexity index is 1670. The molecule has 0 unspecified atom stereocenters. The lowest BCUT2D eigenvalue weighted by molar-refractivity contribution is 0.101. The fourth-order valence-electron chi connectivity index (χ4n) is 4.68. The van der Waals surface area contributed by atoms with Gasteiger partial charge in [0.15, 0.2) is 11.6 Å². The van der Waals surface area contributed by atoms with Gasteiger partial charge in [-0.3, -0.25) is 9.59 Å². The maximum atomic E-state index is 15.0. The van der Waals surface area contributed by atoms with Crippen molar-refractivity contribution in [2.24, 2.45) is 0 Å². The maximum Gasteiger partial charge on any atom is 0.285 e. The van der Waals surface area contributed by atoms with Crippen molar-refractivity contribution in [2.45, 2.75) is 25.6 Å². The van der Waals surface area contributed by atoms with Gasteiger partial charge in [-0.2, -0.15) is 32.1 Å². The molecule has 5 aromatic heterocycles. The van der Waals surface area contributed by atoms with Crippen LogP contribution in [0, 0.1) is 0 Å². The van der Waals surface area contributed by atoms with Crippen molar-refractivity contribution in [2.75, 3.05) is 11.4 Å². The zero-order chi connectivity index (χ0) is 24.3. The summed E-state index contributed by atoms with van der Waals surface area (Å²) in [5.74, 6) is 0.826. The molecule has 1 fully saturated rings. The van der Waals surface area contributed by atoms with Crippen molar-refractivity contribution in [1.29, 1.82) is 0 Å². The minimum absolute atomic E-state index is 0. The number of aromatic amines is 1. The molecule has 1 aliphatic rings. The quantitative estimate of drug-likeness (QED) is 0.334. The van der Waals surface area contributed by atoms with E-state index in [9.17, 15) is 9.59 Å². The first-order chi connectivity index (χ1) is 16.9. The van der Waals surface area contributed by atoms with Crippen molar-refractivity contribution in [3.05, 3.63) is 75.9 Å². The SMILES string of the molecule is CC(=O)c1c[nH]c2ncnc(N3C[C@@H](F)C[C@H]3c3nn4ccc(Cl)c4c(=O)n3-c3ccccn3)c12.S.S. The van der Waals surface area contributed by atoms with Gasteiger partial charge in [-0.05, 0) is 25.1 Å². The van der Waals surface area contributed by atoms with Gasteiger partial charge < -0.3 is 9.88 Å². The summed E-state index contributed by atoms with van der Waals surface area (Å²) in [6.07, 6.45) is 4.91. The van der Waals surface area contributed by atoms with E-state index in [2.05, 4.69) is 25.0 Å². The van der Waals surface area contributed by atoms with Crippen LogP contribution in [0.2, 0.25) is 5.02 Å². The average Bonchev–Trinajstić information content (AvgIpc) is 3.56. The number of halogens is 2. The van der Waals surface area contributed by atoms with Crippen LogP contribution in [0.25, 0.3) is 22.4 Å². The molecule has 10 nitrogen and oxygen atoms in total. The molecule has 0 aromatic carbocycles. The van der Waals surface area contributed by atoms with Gasteiger partial charge in [0.25, 0.3) is 5.56 Å². The Morgan fingerprint density at radius 1 is 1.19 bits per heavy atom. The second-order valence-electron chi connectivity index (χ2n) is 8.32. The highest BCUT2D eigenvalue weighted by Gasteiger charge is 2.39. The minimum atomic E-state index is -1.22. The molecule has 192 valence electrons. The van der Waals surface area contributed by atoms with E-state index in [4.69, 9.17) is 11.6 Å². The Morgan fingerprint density at radius 3 is 2.73 bits per heavy atom. The third kappa shape index (κ3) is 4.26. The highest BCUT2D eigenvalue weighted by Crippen LogP contribution is 2.39. The first kappa shape index (κ1) is 26.6. The van der Waals surface area contributed by atoms with Gasteiger partial charge in [0.05, 0.1) is 23.0 Å². The van der Waals surface area contributed by atoms with Crippen LogP contribution in [0.15, 0.2) is 54.0 Å². The number of carbonyl (C=O) groups excluding carboxylic acids is 1. The van der Waals surface area contributed by atoms with Crippen LogP contribution in [0.3, 0.4) is 0 Å². The molecule has 0 bridgehead atoms. The van der Waals surface area contributed by atoms with Gasteiger partial charge in [0.1, 0.15) is 35.3 Å². The number of hydrogen-bond acceptors (Lipinski definition) is 7. The maximum absolute atomic E-state index is 15.0. The molecule has 0 spiro atoms. The van der Waals surface area contributed by atoms with Gasteiger partial charge in [-0.1, -0.05) is 17.7 Å². The Morgan fingerprint density at radius 2 is 2.00 bits per heavy atom. The second kappa shape index (κ2) is 10.1. The number of nitrogens with zero attached hydrogens (tertiary/aromatic N) is 7. The molecular formula is C23H22ClFN8O2S2. The molecule has 1 N–H and O–H groups in total. The molecular weight excluding hydrogens is 539 g/mol. The normalized spacial score (nSPS) is 17.1. The van der Waals surface area contributed by atoms with Crippen LogP contribution in [-0.4, -0.2) is 52.6 Å². The first-order valence-corrected chi connectivity index (χ1v) is 11.3. The Kier molecular flexibility index (Phi) is 7.31. The lowest BCUT2D eigenvalue weighted by Gasteiger charge is -2.27. The molecule has 0 aliphatic carbocycles. The molecule has 0 radical (unpaired) electrons. The summed E-state index contributed by atoms with van der Waals surface area (Å²) >= 11 is 6.28. The summed E-state index contributed by atoms with van der Waals surface area (Å²) < 4.78 is 17.8. The molecule has 1 saturated heterocycles. The van der Waals surface area contributed by atoms with Gasteiger partial charge in [-0.25, -0.2) is 28.4 Å². The average molecular weight is 561 g/mol. The monoisotopic (exact) mass is 560 g/mol. The fourth-order valence-corrected chi connectivity index (χ4v) is 4.90. The topological polar surface area (TPSA) is 114 Å². The predicted octanol–water partition coefficient (Wildman–Crippen LogP) is 3.52. The number of hydrogen-bond donors (Lipinski definition) is 1. The zero-order valence-corrected chi connectivity index (χ0v) is 22.1. The number of rotatable bonds is 4. The van der Waals surface area contributed by atoms with E-state index in [0.29, 0.717) is 28.2 Å². The van der Waals surface area contributed by atoms with Gasteiger partial charge in [-0.15, -0.1) is 0 Å². The van der Waals surface area contributed by atoms with E-state index in [0.717, 1.165) is 0 Å². The molecule has 0 saturated carbocycles. The molecule has 6 heterocycles. The van der Waals surface area contributed by atoms with Crippen LogP contribution >= 0.6 is 38.6 Å². The van der Waals surface area contributed by atoms with Crippen LogP contribution in [0.5, 0.6) is 0 Å². The number of H-pyrrole nitrogens is 1. The molecule has 37 heavy (non-hydrogen) atoms. The lowest BCUT2D eigenvalue weighted by Crippen LogP contribution is -2.33. The second-order valence-corrected chi connectivity index (χ2v) is 8.73. The van der Waals surface area contributed by atoms with Crippen molar-refractivity contribution >= 4 is 66.7 Å². The number of anilines is 1. The fraction of sp³-hybridized carbons (Fsp3) is 0.217. The minimum Gasteiger partial charge on any atom is -0.345 e. The molecule has 0 amide bonds. The third-order valence-electron chi connectivity index (χ3n) is 6.19. The van der Waals surface area contributed by atoms with Crippen molar-refractivity contribution < 1.29 is 9.18 Å². The van der Waals surface area contributed by atoms with Gasteiger partial charge in [0.2, 0.25) is 0 Å². The number of ketones is 1. The van der Waals surface area contributed by atoms with Crippen molar-refractivity contribution in [3.8, 4) is 5.82 Å². The molecule has 2 atom stereocenters. The standard InChI is InChI=1S/C23H18ClFN8O2.2H2S/c1-12(34)14-9-27-20-18(14)22(29-11-28-20)31-10-13(25)8-16(31)21-30-32-7-5-15(24)19(32)23(35)33(21)17-4-2-3-6-26-17;;/h2-7,9,11,13,16H,8,10H2,1H3,(H,27,28,29);2*1H2/t13-,16-;;/m0../s1. The summed E-state index contributed by atoms with van der Waals surface area (Å²) in [6, 6.07) is 6.05. The van der Waals surface area contributed by atoms with E-state index in [1.54, 1.807) is 47.8 Å². The zero-order valence-electron chi connectivity index (χ0n) is 19.4. The van der Waals surface area contributed by atoms with Crippen LogP contribution in [-0.2, 0) is 0 Å². The number of pyridine rings is 1. The summed E-state index contributed by atoms with van der Waals surface area (Å²) in [5.41, 5.74) is 0.629. The largest absolute Gasteiger partial charge is 0.345 e. The molecule has 6 rings (SSSR count). The summed E-state index contributed by atoms with van der Waals surface area (Å²) in [5, 5.41) is 5.43. The van der Waals surface area contributed by atoms with E-state index in [-0.39, 0.29) is 62.1 Å². The van der Waals surface area contributed by atoms with Crippen LogP contribution < -0.4 is 10.5 Å². The predicted molar refractivity (Wildman–Crippen MR) is 148 cm³/mol. The first-order valence-electron chi connectivity index (χ1n) is 10.9. The number of Topliss-reactive ketones (excluding diaryl/α,β-unsaturated/α-hetero) is 1. The molecule has 1 aliphatic heterocycles. The molecule has 14 heteroatoms. The number of aromatic nitrogens is 7. The van der Waals surface area contributed by atoms with Crippen LogP contribution in [0.4, 0.5) is 10.2 Å². The van der Waals surface area contributed by atoms with Gasteiger partial charge >= 0.3 is 0 Å². The van der Waals surface area contributed by atoms with Crippen molar-refractivity contribution in [1.82, 2.24) is 34.1 Å². The Hall–Kier alpha value is -3.42. The third-order valence-corrected chi connectivity index (χ3v) is 6.49. The highest BCUT2D eigenvalue weighted by molar-refractivity contribution is 7.59. The van der Waals surface area contributed by atoms with E-state index < -0.39 is 17.8 Å². The smallest absolute Gasteiger partial charge is 0.285 e. The van der Waals surface area contributed by atoms with Crippen LogP contribution in [0.1, 0.15) is 35.6 Å². The summed E-state index contributed by atoms with van der Waals surface area (Å²) in [6.45, 7) is 1.45. The number of fused-ring (bicyclic) bond motifs is 2. The van der Waals surface area contributed by atoms with Gasteiger partial charge in [0, 0.05) is 30.6 Å². The molecule has 5 aromatic rings. The number of nitrogens with one attached hydrogen (secondary N) is 1.